The zero-order valence-electron chi connectivity index (χ0n) is 6.05. The van der Waals surface area contributed by atoms with Gasteiger partial charge in [0.25, 0.3) is 0 Å². The summed E-state index contributed by atoms with van der Waals surface area (Å²) in [5, 5.41) is 26.7. The van der Waals surface area contributed by atoms with Crippen LogP contribution < -0.4 is 0 Å². The van der Waals surface area contributed by atoms with Crippen molar-refractivity contribution in [3.8, 4) is 0 Å². The molecule has 4 atom stereocenters. The van der Waals surface area contributed by atoms with E-state index in [9.17, 15) is 5.11 Å². The lowest BCUT2D eigenvalue weighted by Gasteiger charge is -2.13. The summed E-state index contributed by atoms with van der Waals surface area (Å²) in [6, 6.07) is 0. The average molecular weight is 160 g/mol. The maximum atomic E-state index is 9.29. The predicted octanol–water partition coefficient (Wildman–Crippen LogP) is -1.57. The Balaban J connectivity index is 2.55. The summed E-state index contributed by atoms with van der Waals surface area (Å²) in [6.45, 7) is 4.90. The van der Waals surface area contributed by atoms with Gasteiger partial charge in [0.1, 0.15) is 6.10 Å². The van der Waals surface area contributed by atoms with Crippen LogP contribution in [0.15, 0.2) is 0 Å². The average Bonchev–Trinajstić information content (AvgIpc) is 2.26. The Labute approximate surface area is 65.4 Å². The SMILES string of the molecule is [CH][C@@H]1O[C@H](CO)[C@H](O)C1CO. The van der Waals surface area contributed by atoms with E-state index in [4.69, 9.17) is 21.9 Å². The van der Waals surface area contributed by atoms with Crippen molar-refractivity contribution in [2.75, 3.05) is 13.2 Å². The van der Waals surface area contributed by atoms with Crippen molar-refractivity contribution in [3.05, 3.63) is 6.92 Å². The van der Waals surface area contributed by atoms with Crippen molar-refractivity contribution in [2.24, 2.45) is 5.92 Å². The molecule has 1 aliphatic heterocycles. The fourth-order valence-corrected chi connectivity index (χ4v) is 1.22. The molecule has 0 amide bonds. The van der Waals surface area contributed by atoms with Crippen LogP contribution in [-0.4, -0.2) is 46.8 Å². The summed E-state index contributed by atoms with van der Waals surface area (Å²) < 4.78 is 4.94. The highest BCUT2D eigenvalue weighted by atomic mass is 16.5. The van der Waals surface area contributed by atoms with Gasteiger partial charge in [-0.05, 0) is 6.92 Å². The van der Waals surface area contributed by atoms with Gasteiger partial charge < -0.3 is 20.1 Å². The lowest BCUT2D eigenvalue weighted by Crippen LogP contribution is -2.31. The molecular formula is C7H12O4. The highest BCUT2D eigenvalue weighted by molar-refractivity contribution is 4.90. The van der Waals surface area contributed by atoms with Crippen LogP contribution in [0.5, 0.6) is 0 Å². The first-order valence-corrected chi connectivity index (χ1v) is 3.51. The van der Waals surface area contributed by atoms with E-state index in [2.05, 4.69) is 0 Å². The van der Waals surface area contributed by atoms with Crippen molar-refractivity contribution in [1.29, 1.82) is 0 Å². The molecule has 0 aromatic heterocycles. The van der Waals surface area contributed by atoms with Crippen LogP contribution in [-0.2, 0) is 4.74 Å². The van der Waals surface area contributed by atoms with Gasteiger partial charge in [0.05, 0.1) is 25.4 Å². The minimum absolute atomic E-state index is 0.223. The normalized spacial score (nSPS) is 44.7. The maximum absolute atomic E-state index is 9.29. The number of ether oxygens (including phenoxy) is 1. The van der Waals surface area contributed by atoms with Crippen molar-refractivity contribution in [3.63, 3.8) is 0 Å². The zero-order chi connectivity index (χ0) is 8.43. The van der Waals surface area contributed by atoms with Gasteiger partial charge in [-0.2, -0.15) is 0 Å². The van der Waals surface area contributed by atoms with Gasteiger partial charge in [0, 0.05) is 5.92 Å². The molecule has 1 fully saturated rings. The van der Waals surface area contributed by atoms with Gasteiger partial charge in [-0.1, -0.05) is 0 Å². The molecule has 4 nitrogen and oxygen atoms in total. The van der Waals surface area contributed by atoms with E-state index in [0.29, 0.717) is 0 Å². The molecule has 0 aliphatic carbocycles. The highest BCUT2D eigenvalue weighted by Gasteiger charge is 2.40. The quantitative estimate of drug-likeness (QED) is 0.456. The van der Waals surface area contributed by atoms with E-state index in [-0.39, 0.29) is 13.2 Å². The zero-order valence-corrected chi connectivity index (χ0v) is 6.05. The van der Waals surface area contributed by atoms with E-state index < -0.39 is 24.2 Å². The Morgan fingerprint density at radius 2 is 1.91 bits per heavy atom. The number of hydrogen-bond acceptors (Lipinski definition) is 4. The Morgan fingerprint density at radius 3 is 2.18 bits per heavy atom. The Morgan fingerprint density at radius 1 is 1.27 bits per heavy atom. The second-order valence-electron chi connectivity index (χ2n) is 2.66. The van der Waals surface area contributed by atoms with Crippen LogP contribution in [0, 0.1) is 12.8 Å². The third-order valence-corrected chi connectivity index (χ3v) is 1.96. The van der Waals surface area contributed by atoms with Gasteiger partial charge >= 0.3 is 0 Å². The third kappa shape index (κ3) is 1.54. The minimum Gasteiger partial charge on any atom is -0.396 e. The third-order valence-electron chi connectivity index (χ3n) is 1.96. The first-order valence-electron chi connectivity index (χ1n) is 3.51. The Bertz CT molecular complexity index is 128. The predicted molar refractivity (Wildman–Crippen MR) is 36.6 cm³/mol. The van der Waals surface area contributed by atoms with Crippen LogP contribution in [0.2, 0.25) is 0 Å². The summed E-state index contributed by atoms with van der Waals surface area (Å²) in [5.41, 5.74) is 0. The lowest BCUT2D eigenvalue weighted by atomic mass is 9.98. The van der Waals surface area contributed by atoms with Gasteiger partial charge in [0.2, 0.25) is 0 Å². The molecule has 0 saturated carbocycles. The van der Waals surface area contributed by atoms with Gasteiger partial charge in [-0.3, -0.25) is 0 Å². The van der Waals surface area contributed by atoms with Crippen LogP contribution in [0.1, 0.15) is 0 Å². The molecule has 0 bridgehead atoms. The number of rotatable bonds is 2. The number of hydrogen-bond donors (Lipinski definition) is 3. The topological polar surface area (TPSA) is 69.9 Å². The van der Waals surface area contributed by atoms with Crippen molar-refractivity contribution < 1.29 is 20.1 Å². The molecule has 11 heavy (non-hydrogen) atoms. The van der Waals surface area contributed by atoms with Crippen molar-refractivity contribution in [2.45, 2.75) is 18.3 Å². The lowest BCUT2D eigenvalue weighted by molar-refractivity contribution is -0.0117. The van der Waals surface area contributed by atoms with E-state index in [0.717, 1.165) is 0 Å². The highest BCUT2D eigenvalue weighted by Crippen LogP contribution is 2.25. The molecule has 1 saturated heterocycles. The Kier molecular flexibility index (Phi) is 2.84. The van der Waals surface area contributed by atoms with Crippen LogP contribution in [0.3, 0.4) is 0 Å². The van der Waals surface area contributed by atoms with Gasteiger partial charge in [0.15, 0.2) is 0 Å². The second kappa shape index (κ2) is 3.49. The second-order valence-corrected chi connectivity index (χ2v) is 2.66. The van der Waals surface area contributed by atoms with Crippen LogP contribution in [0.4, 0.5) is 0 Å². The summed E-state index contributed by atoms with van der Waals surface area (Å²) in [6.07, 6.45) is -2.19. The summed E-state index contributed by atoms with van der Waals surface area (Å²) >= 11 is 0. The molecule has 1 aliphatic rings. The van der Waals surface area contributed by atoms with E-state index in [1.54, 1.807) is 0 Å². The van der Waals surface area contributed by atoms with Crippen LogP contribution >= 0.6 is 0 Å². The molecule has 0 aromatic carbocycles. The van der Waals surface area contributed by atoms with Crippen LogP contribution in [0.25, 0.3) is 0 Å². The standard InChI is InChI=1S/C7H12O4/c1-4-5(2-8)7(10)6(3-9)11-4/h1,4-10H,2-3H2/t4-,5?,6+,7+/m0/s1. The molecule has 1 unspecified atom stereocenters. The molecule has 1 heterocycles. The monoisotopic (exact) mass is 160 g/mol. The number of aliphatic hydroxyl groups excluding tert-OH is 3. The Hall–Kier alpha value is -0.160. The first-order chi connectivity index (χ1) is 5.20. The maximum Gasteiger partial charge on any atom is 0.107 e. The summed E-state index contributed by atoms with van der Waals surface area (Å²) in [5.74, 6) is -0.479. The summed E-state index contributed by atoms with van der Waals surface area (Å²) in [7, 11) is 0. The molecule has 2 radical (unpaired) electrons. The molecule has 0 aromatic rings. The molecule has 3 N–H and O–H groups in total. The van der Waals surface area contributed by atoms with E-state index in [1.807, 2.05) is 0 Å². The molecule has 0 spiro atoms. The smallest absolute Gasteiger partial charge is 0.107 e. The molecular weight excluding hydrogens is 148 g/mol. The molecule has 1 rings (SSSR count). The fourth-order valence-electron chi connectivity index (χ4n) is 1.22. The minimum atomic E-state index is -0.861. The first kappa shape index (κ1) is 8.93. The van der Waals surface area contributed by atoms with Gasteiger partial charge in [-0.15, -0.1) is 0 Å². The van der Waals surface area contributed by atoms with Crippen molar-refractivity contribution >= 4 is 0 Å². The number of aliphatic hydroxyl groups is 3. The van der Waals surface area contributed by atoms with Crippen molar-refractivity contribution in [1.82, 2.24) is 0 Å². The van der Waals surface area contributed by atoms with Gasteiger partial charge in [-0.25, -0.2) is 0 Å². The van der Waals surface area contributed by atoms with E-state index >= 15 is 0 Å². The van der Waals surface area contributed by atoms with E-state index in [1.165, 1.54) is 0 Å². The summed E-state index contributed by atoms with van der Waals surface area (Å²) in [4.78, 5) is 0. The largest absolute Gasteiger partial charge is 0.396 e. The molecule has 64 valence electrons. The fraction of sp³-hybridized carbons (Fsp3) is 0.857. The molecule has 4 heteroatoms.